The van der Waals surface area contributed by atoms with Crippen LogP contribution < -0.4 is 4.90 Å². The van der Waals surface area contributed by atoms with Crippen LogP contribution in [0.15, 0.2) is 34.9 Å². The lowest BCUT2D eigenvalue weighted by Gasteiger charge is -2.20. The first-order valence-electron chi connectivity index (χ1n) is 6.52. The van der Waals surface area contributed by atoms with Crippen LogP contribution in [0.25, 0.3) is 0 Å². The van der Waals surface area contributed by atoms with Gasteiger partial charge in [-0.2, -0.15) is 0 Å². The molecule has 0 bridgehead atoms. The van der Waals surface area contributed by atoms with Crippen LogP contribution in [0.2, 0.25) is 0 Å². The Kier molecular flexibility index (Phi) is 4.34. The first-order valence-corrected chi connectivity index (χ1v) is 8.88. The predicted octanol–water partition coefficient (Wildman–Crippen LogP) is 2.75. The number of thiazole rings is 1. The highest BCUT2D eigenvalue weighted by Gasteiger charge is 2.31. The van der Waals surface area contributed by atoms with Gasteiger partial charge in [-0.25, -0.2) is 18.4 Å². The molecule has 21 heavy (non-hydrogen) atoms. The van der Waals surface area contributed by atoms with Crippen molar-refractivity contribution in [3.8, 4) is 0 Å². The summed E-state index contributed by atoms with van der Waals surface area (Å²) in [5, 5.41) is 3.05. The molecule has 0 amide bonds. The molecule has 0 atom stereocenters. The van der Waals surface area contributed by atoms with E-state index in [4.69, 9.17) is 0 Å². The van der Waals surface area contributed by atoms with E-state index in [-0.39, 0.29) is 5.03 Å². The molecule has 2 aromatic heterocycles. The third-order valence-electron chi connectivity index (χ3n) is 3.10. The molecule has 0 radical (unpaired) electrons. The summed E-state index contributed by atoms with van der Waals surface area (Å²) in [5.41, 5.74) is 0.859. The van der Waals surface area contributed by atoms with E-state index in [1.807, 2.05) is 17.3 Å². The van der Waals surface area contributed by atoms with E-state index in [1.54, 1.807) is 56.6 Å². The Labute approximate surface area is 129 Å². The fourth-order valence-corrected chi connectivity index (χ4v) is 3.43. The highest BCUT2D eigenvalue weighted by Crippen LogP contribution is 2.24. The molecular weight excluding hydrogens is 306 g/mol. The van der Waals surface area contributed by atoms with Crippen molar-refractivity contribution in [2.45, 2.75) is 37.1 Å². The van der Waals surface area contributed by atoms with Crippen LogP contribution in [-0.2, 0) is 16.4 Å². The molecular formula is C14H19N3O2S2. The molecule has 2 rings (SSSR count). The second kappa shape index (κ2) is 5.73. The molecule has 7 heteroatoms. The number of hydrogen-bond acceptors (Lipinski definition) is 6. The molecule has 0 unspecified atom stereocenters. The van der Waals surface area contributed by atoms with E-state index in [9.17, 15) is 8.42 Å². The molecule has 0 saturated carbocycles. The van der Waals surface area contributed by atoms with Gasteiger partial charge in [0, 0.05) is 18.6 Å². The van der Waals surface area contributed by atoms with E-state index >= 15 is 0 Å². The maximum absolute atomic E-state index is 12.3. The van der Waals surface area contributed by atoms with Crippen molar-refractivity contribution in [2.75, 3.05) is 11.9 Å². The average Bonchev–Trinajstić information content (AvgIpc) is 2.90. The molecule has 5 nitrogen and oxygen atoms in total. The quantitative estimate of drug-likeness (QED) is 0.865. The van der Waals surface area contributed by atoms with Gasteiger partial charge in [-0.1, -0.05) is 0 Å². The fraction of sp³-hybridized carbons (Fsp3) is 0.429. The summed E-state index contributed by atoms with van der Waals surface area (Å²) < 4.78 is 23.8. The molecule has 0 aliphatic carbocycles. The van der Waals surface area contributed by atoms with Crippen molar-refractivity contribution in [2.24, 2.45) is 0 Å². The lowest BCUT2D eigenvalue weighted by Crippen LogP contribution is -2.28. The van der Waals surface area contributed by atoms with E-state index < -0.39 is 14.6 Å². The summed E-state index contributed by atoms with van der Waals surface area (Å²) in [5.74, 6) is 0. The van der Waals surface area contributed by atoms with Gasteiger partial charge in [-0.15, -0.1) is 11.3 Å². The minimum Gasteiger partial charge on any atom is -0.367 e. The summed E-state index contributed by atoms with van der Waals surface area (Å²) in [6.07, 6.45) is 3.36. The Morgan fingerprint density at radius 1 is 1.24 bits per heavy atom. The average molecular weight is 325 g/mol. The van der Waals surface area contributed by atoms with Crippen molar-refractivity contribution < 1.29 is 8.42 Å². The zero-order chi connectivity index (χ0) is 15.7. The number of nitrogens with zero attached hydrogens (tertiary/aromatic N) is 3. The molecule has 0 aliphatic heterocycles. The largest absolute Gasteiger partial charge is 0.367 e. The lowest BCUT2D eigenvalue weighted by molar-refractivity contribution is 0.556. The fourth-order valence-electron chi connectivity index (χ4n) is 1.70. The Hall–Kier alpha value is -1.47. The summed E-state index contributed by atoms with van der Waals surface area (Å²) in [4.78, 5) is 10.3. The first-order chi connectivity index (χ1) is 9.72. The highest BCUT2D eigenvalue weighted by molar-refractivity contribution is 7.92. The minimum absolute atomic E-state index is 0.112. The molecule has 2 aromatic rings. The predicted molar refractivity (Wildman–Crippen MR) is 85.4 cm³/mol. The normalized spacial score (nSPS) is 12.4. The van der Waals surface area contributed by atoms with Crippen molar-refractivity contribution in [3.05, 3.63) is 34.9 Å². The van der Waals surface area contributed by atoms with Gasteiger partial charge in [0.05, 0.1) is 23.2 Å². The van der Waals surface area contributed by atoms with E-state index in [0.29, 0.717) is 6.54 Å². The maximum Gasteiger partial charge on any atom is 0.200 e. The van der Waals surface area contributed by atoms with Crippen LogP contribution in [0.1, 0.15) is 25.8 Å². The molecule has 0 spiro atoms. The number of anilines is 1. The molecule has 0 aliphatic rings. The Balaban J connectivity index is 2.19. The highest BCUT2D eigenvalue weighted by atomic mass is 32.2. The third-order valence-corrected chi connectivity index (χ3v) is 6.27. The third kappa shape index (κ3) is 3.41. The van der Waals surface area contributed by atoms with Gasteiger partial charge in [0.1, 0.15) is 5.01 Å². The number of rotatable bonds is 4. The summed E-state index contributed by atoms with van der Waals surface area (Å²) in [6.45, 7) is 5.69. The number of pyridine rings is 1. The summed E-state index contributed by atoms with van der Waals surface area (Å²) in [7, 11) is -1.48. The monoisotopic (exact) mass is 325 g/mol. The van der Waals surface area contributed by atoms with Crippen LogP contribution >= 0.6 is 11.3 Å². The minimum atomic E-state index is -3.41. The lowest BCUT2D eigenvalue weighted by atomic mass is 10.3. The van der Waals surface area contributed by atoms with Gasteiger partial charge in [-0.05, 0) is 32.9 Å². The molecule has 2 heterocycles. The summed E-state index contributed by atoms with van der Waals surface area (Å²) >= 11 is 1.59. The zero-order valence-electron chi connectivity index (χ0n) is 12.6. The zero-order valence-corrected chi connectivity index (χ0v) is 14.2. The van der Waals surface area contributed by atoms with Crippen molar-refractivity contribution in [3.63, 3.8) is 0 Å². The summed E-state index contributed by atoms with van der Waals surface area (Å²) in [6, 6.07) is 3.34. The number of hydrogen-bond donors (Lipinski definition) is 0. The first kappa shape index (κ1) is 15.9. The van der Waals surface area contributed by atoms with Gasteiger partial charge in [0.25, 0.3) is 0 Å². The van der Waals surface area contributed by atoms with Crippen molar-refractivity contribution in [1.82, 2.24) is 9.97 Å². The molecule has 0 aromatic carbocycles. The molecule has 0 saturated heterocycles. The second-order valence-corrected chi connectivity index (χ2v) is 9.38. The number of aromatic nitrogens is 2. The van der Waals surface area contributed by atoms with Crippen molar-refractivity contribution >= 4 is 26.9 Å². The second-order valence-electron chi connectivity index (χ2n) is 5.75. The molecule has 0 N–H and O–H groups in total. The maximum atomic E-state index is 12.3. The van der Waals surface area contributed by atoms with Gasteiger partial charge < -0.3 is 4.90 Å². The van der Waals surface area contributed by atoms with Crippen molar-refractivity contribution in [1.29, 1.82) is 0 Å². The van der Waals surface area contributed by atoms with Gasteiger partial charge >= 0.3 is 0 Å². The smallest absolute Gasteiger partial charge is 0.200 e. The SMILES string of the molecule is CN(Cc1nccs1)c1ccc(S(=O)(=O)C(C)(C)C)nc1. The van der Waals surface area contributed by atoms with Crippen LogP contribution in [-0.4, -0.2) is 30.2 Å². The topological polar surface area (TPSA) is 63.2 Å². The molecule has 0 fully saturated rings. The van der Waals surface area contributed by atoms with Crippen LogP contribution in [0, 0.1) is 0 Å². The standard InChI is InChI=1S/C14H19N3O2S2/c1-14(2,3)21(18,19)13-6-5-11(9-16-13)17(4)10-12-15-7-8-20-12/h5-9H,10H2,1-4H3. The van der Waals surface area contributed by atoms with E-state index in [2.05, 4.69) is 9.97 Å². The van der Waals surface area contributed by atoms with Crippen LogP contribution in [0.4, 0.5) is 5.69 Å². The van der Waals surface area contributed by atoms with Gasteiger partial charge in [0.15, 0.2) is 14.9 Å². The van der Waals surface area contributed by atoms with E-state index in [0.717, 1.165) is 10.7 Å². The van der Waals surface area contributed by atoms with Gasteiger partial charge in [-0.3, -0.25) is 0 Å². The van der Waals surface area contributed by atoms with Crippen LogP contribution in [0.3, 0.4) is 0 Å². The van der Waals surface area contributed by atoms with Crippen LogP contribution in [0.5, 0.6) is 0 Å². The Morgan fingerprint density at radius 2 is 1.95 bits per heavy atom. The Morgan fingerprint density at radius 3 is 2.43 bits per heavy atom. The Bertz CT molecular complexity index is 687. The molecule has 114 valence electrons. The number of sulfone groups is 1. The van der Waals surface area contributed by atoms with E-state index in [1.165, 1.54) is 0 Å². The van der Waals surface area contributed by atoms with Gasteiger partial charge in [0.2, 0.25) is 0 Å².